The van der Waals surface area contributed by atoms with E-state index in [2.05, 4.69) is 41.1 Å². The standard InChI is InChI=1S/C12H16N2/c1-2-12(14-9-8-13-10-14)11-6-4-3-5-7-11/h2-7,12-13H,1,8-10H2. The maximum Gasteiger partial charge on any atom is 0.0541 e. The minimum Gasteiger partial charge on any atom is -0.303 e. The Morgan fingerprint density at radius 2 is 2.14 bits per heavy atom. The summed E-state index contributed by atoms with van der Waals surface area (Å²) in [6, 6.07) is 10.9. The summed E-state index contributed by atoms with van der Waals surface area (Å²) in [5, 5.41) is 3.34. The van der Waals surface area contributed by atoms with Crippen LogP contribution < -0.4 is 5.32 Å². The van der Waals surface area contributed by atoms with Crippen LogP contribution in [-0.2, 0) is 0 Å². The van der Waals surface area contributed by atoms with Gasteiger partial charge in [-0.05, 0) is 5.56 Å². The topological polar surface area (TPSA) is 15.3 Å². The van der Waals surface area contributed by atoms with Gasteiger partial charge >= 0.3 is 0 Å². The Hall–Kier alpha value is -1.12. The van der Waals surface area contributed by atoms with Gasteiger partial charge in [0.1, 0.15) is 0 Å². The summed E-state index contributed by atoms with van der Waals surface area (Å²) in [6.45, 7) is 7.06. The van der Waals surface area contributed by atoms with E-state index < -0.39 is 0 Å². The summed E-state index contributed by atoms with van der Waals surface area (Å²) >= 11 is 0. The Bertz CT molecular complexity index is 288. The maximum atomic E-state index is 3.91. The van der Waals surface area contributed by atoms with Crippen LogP contribution in [0.25, 0.3) is 0 Å². The number of nitrogens with zero attached hydrogens (tertiary/aromatic N) is 1. The van der Waals surface area contributed by atoms with Crippen molar-refractivity contribution in [1.29, 1.82) is 0 Å². The second-order valence-corrected chi connectivity index (χ2v) is 3.56. The van der Waals surface area contributed by atoms with E-state index in [-0.39, 0.29) is 0 Å². The number of rotatable bonds is 3. The first-order chi connectivity index (χ1) is 6.92. The fourth-order valence-corrected chi connectivity index (χ4v) is 1.91. The van der Waals surface area contributed by atoms with E-state index >= 15 is 0 Å². The zero-order valence-electron chi connectivity index (χ0n) is 8.32. The van der Waals surface area contributed by atoms with Gasteiger partial charge in [-0.25, -0.2) is 0 Å². The van der Waals surface area contributed by atoms with Crippen LogP contribution in [-0.4, -0.2) is 24.7 Å². The zero-order valence-corrected chi connectivity index (χ0v) is 8.32. The lowest BCUT2D eigenvalue weighted by Crippen LogP contribution is -2.26. The smallest absolute Gasteiger partial charge is 0.0541 e. The van der Waals surface area contributed by atoms with Gasteiger partial charge in [-0.1, -0.05) is 36.4 Å². The number of hydrogen-bond acceptors (Lipinski definition) is 2. The van der Waals surface area contributed by atoms with E-state index in [9.17, 15) is 0 Å². The van der Waals surface area contributed by atoms with Crippen LogP contribution in [0.4, 0.5) is 0 Å². The van der Waals surface area contributed by atoms with E-state index in [0.29, 0.717) is 6.04 Å². The lowest BCUT2D eigenvalue weighted by atomic mass is 10.1. The third kappa shape index (κ3) is 1.86. The van der Waals surface area contributed by atoms with Gasteiger partial charge in [0.2, 0.25) is 0 Å². The van der Waals surface area contributed by atoms with E-state index in [4.69, 9.17) is 0 Å². The minimum atomic E-state index is 0.353. The lowest BCUT2D eigenvalue weighted by molar-refractivity contribution is 0.285. The summed E-state index contributed by atoms with van der Waals surface area (Å²) in [4.78, 5) is 2.39. The minimum absolute atomic E-state index is 0.353. The summed E-state index contributed by atoms with van der Waals surface area (Å²) in [5.74, 6) is 0. The molecule has 1 fully saturated rings. The van der Waals surface area contributed by atoms with Crippen LogP contribution in [0, 0.1) is 0 Å². The predicted octanol–water partition coefficient (Wildman–Crippen LogP) is 1.78. The third-order valence-corrected chi connectivity index (χ3v) is 2.65. The molecule has 1 aliphatic heterocycles. The van der Waals surface area contributed by atoms with Gasteiger partial charge in [-0.2, -0.15) is 0 Å². The zero-order chi connectivity index (χ0) is 9.80. The Morgan fingerprint density at radius 1 is 1.36 bits per heavy atom. The molecule has 1 unspecified atom stereocenters. The summed E-state index contributed by atoms with van der Waals surface area (Å²) in [7, 11) is 0. The van der Waals surface area contributed by atoms with Crippen molar-refractivity contribution in [2.24, 2.45) is 0 Å². The van der Waals surface area contributed by atoms with Crippen LogP contribution >= 0.6 is 0 Å². The highest BCUT2D eigenvalue weighted by molar-refractivity contribution is 5.22. The predicted molar refractivity (Wildman–Crippen MR) is 59.0 cm³/mol. The molecule has 1 heterocycles. The Kier molecular flexibility index (Phi) is 2.96. The molecule has 1 aliphatic rings. The highest BCUT2D eigenvalue weighted by Crippen LogP contribution is 2.21. The first kappa shape index (κ1) is 9.44. The first-order valence-electron chi connectivity index (χ1n) is 5.04. The summed E-state index contributed by atoms with van der Waals surface area (Å²) in [6.07, 6.45) is 2.02. The van der Waals surface area contributed by atoms with E-state index in [1.165, 1.54) is 5.56 Å². The molecule has 1 aromatic rings. The van der Waals surface area contributed by atoms with Gasteiger partial charge < -0.3 is 5.32 Å². The molecule has 1 aromatic carbocycles. The Balaban J connectivity index is 2.16. The van der Waals surface area contributed by atoms with Crippen LogP contribution in [0.3, 0.4) is 0 Å². The number of benzene rings is 1. The normalized spacial score (nSPS) is 19.4. The molecule has 0 bridgehead atoms. The molecule has 1 atom stereocenters. The van der Waals surface area contributed by atoms with Crippen LogP contribution in [0.5, 0.6) is 0 Å². The van der Waals surface area contributed by atoms with Crippen molar-refractivity contribution in [3.05, 3.63) is 48.6 Å². The quantitative estimate of drug-likeness (QED) is 0.727. The average Bonchev–Trinajstić information content (AvgIpc) is 2.74. The molecule has 0 radical (unpaired) electrons. The van der Waals surface area contributed by atoms with Crippen molar-refractivity contribution in [3.63, 3.8) is 0 Å². The van der Waals surface area contributed by atoms with E-state index in [0.717, 1.165) is 19.8 Å². The fraction of sp³-hybridized carbons (Fsp3) is 0.333. The fourth-order valence-electron chi connectivity index (χ4n) is 1.91. The Morgan fingerprint density at radius 3 is 2.71 bits per heavy atom. The molecule has 1 N–H and O–H groups in total. The lowest BCUT2D eigenvalue weighted by Gasteiger charge is -2.23. The molecule has 0 aromatic heterocycles. The number of nitrogens with one attached hydrogen (secondary N) is 1. The van der Waals surface area contributed by atoms with Gasteiger partial charge in [-0.3, -0.25) is 4.90 Å². The van der Waals surface area contributed by atoms with Gasteiger partial charge in [0, 0.05) is 19.8 Å². The highest BCUT2D eigenvalue weighted by Gasteiger charge is 2.19. The molecule has 0 saturated carbocycles. The SMILES string of the molecule is C=CC(c1ccccc1)N1CCNC1. The molecule has 1 saturated heterocycles. The monoisotopic (exact) mass is 188 g/mol. The van der Waals surface area contributed by atoms with E-state index in [1.807, 2.05) is 12.1 Å². The molecule has 14 heavy (non-hydrogen) atoms. The van der Waals surface area contributed by atoms with E-state index in [1.54, 1.807) is 0 Å². The second kappa shape index (κ2) is 4.40. The second-order valence-electron chi connectivity index (χ2n) is 3.56. The van der Waals surface area contributed by atoms with Gasteiger partial charge in [-0.15, -0.1) is 6.58 Å². The molecule has 0 spiro atoms. The van der Waals surface area contributed by atoms with Gasteiger partial charge in [0.25, 0.3) is 0 Å². The highest BCUT2D eigenvalue weighted by atomic mass is 15.3. The van der Waals surface area contributed by atoms with Crippen LogP contribution in [0.2, 0.25) is 0 Å². The van der Waals surface area contributed by atoms with Crippen LogP contribution in [0.1, 0.15) is 11.6 Å². The van der Waals surface area contributed by atoms with Crippen molar-refractivity contribution in [2.75, 3.05) is 19.8 Å². The molecule has 0 aliphatic carbocycles. The van der Waals surface area contributed by atoms with Crippen molar-refractivity contribution < 1.29 is 0 Å². The first-order valence-corrected chi connectivity index (χ1v) is 5.04. The summed E-state index contributed by atoms with van der Waals surface area (Å²) in [5.41, 5.74) is 1.33. The average molecular weight is 188 g/mol. The molecule has 74 valence electrons. The van der Waals surface area contributed by atoms with Gasteiger partial charge in [0.15, 0.2) is 0 Å². The molecular formula is C12H16N2. The number of hydrogen-bond donors (Lipinski definition) is 1. The van der Waals surface area contributed by atoms with Crippen molar-refractivity contribution in [1.82, 2.24) is 10.2 Å². The van der Waals surface area contributed by atoms with Crippen molar-refractivity contribution in [3.8, 4) is 0 Å². The van der Waals surface area contributed by atoms with Gasteiger partial charge in [0.05, 0.1) is 6.04 Å². The molecular weight excluding hydrogens is 172 g/mol. The Labute approximate surface area is 85.2 Å². The molecule has 2 heteroatoms. The van der Waals surface area contributed by atoms with Crippen molar-refractivity contribution in [2.45, 2.75) is 6.04 Å². The summed E-state index contributed by atoms with van der Waals surface area (Å²) < 4.78 is 0. The van der Waals surface area contributed by atoms with Crippen LogP contribution in [0.15, 0.2) is 43.0 Å². The third-order valence-electron chi connectivity index (χ3n) is 2.65. The largest absolute Gasteiger partial charge is 0.303 e. The maximum absolute atomic E-state index is 3.91. The molecule has 0 amide bonds. The molecule has 2 nitrogen and oxygen atoms in total. The molecule has 2 rings (SSSR count). The van der Waals surface area contributed by atoms with Crippen molar-refractivity contribution >= 4 is 0 Å².